The van der Waals surface area contributed by atoms with Crippen LogP contribution in [0.5, 0.6) is 11.5 Å². The highest BCUT2D eigenvalue weighted by Crippen LogP contribution is 2.33. The number of carbonyl (C=O) groups is 1. The molecule has 2 aromatic rings. The molecule has 5 heteroatoms. The summed E-state index contributed by atoms with van der Waals surface area (Å²) >= 11 is 1.62. The SMILES string of the molecule is C[C@@H](Sc1ccc2c(c1)CCC2)C(=O)NCc1ccc2c(c1)OCO2. The molecule has 130 valence electrons. The molecule has 0 saturated carbocycles. The summed E-state index contributed by atoms with van der Waals surface area (Å²) in [5.41, 5.74) is 3.91. The summed E-state index contributed by atoms with van der Waals surface area (Å²) in [6.45, 7) is 2.71. The number of fused-ring (bicyclic) bond motifs is 2. The van der Waals surface area contributed by atoms with E-state index in [9.17, 15) is 4.79 Å². The molecule has 0 saturated heterocycles. The Hall–Kier alpha value is -2.14. The molecule has 1 heterocycles. The van der Waals surface area contributed by atoms with Gasteiger partial charge in [0.1, 0.15) is 0 Å². The molecular weight excluding hydrogens is 334 g/mol. The van der Waals surface area contributed by atoms with Gasteiger partial charge in [0, 0.05) is 11.4 Å². The number of ether oxygens (including phenoxy) is 2. The van der Waals surface area contributed by atoms with Gasteiger partial charge in [0.05, 0.1) is 5.25 Å². The Kier molecular flexibility index (Phi) is 4.57. The van der Waals surface area contributed by atoms with Crippen molar-refractivity contribution in [1.82, 2.24) is 5.32 Å². The van der Waals surface area contributed by atoms with Crippen LogP contribution < -0.4 is 14.8 Å². The Labute approximate surface area is 151 Å². The van der Waals surface area contributed by atoms with Crippen molar-refractivity contribution in [3.8, 4) is 11.5 Å². The zero-order valence-electron chi connectivity index (χ0n) is 14.2. The van der Waals surface area contributed by atoms with Crippen molar-refractivity contribution >= 4 is 17.7 Å². The van der Waals surface area contributed by atoms with Gasteiger partial charge in [-0.15, -0.1) is 11.8 Å². The zero-order valence-corrected chi connectivity index (χ0v) is 15.0. The maximum absolute atomic E-state index is 12.4. The Balaban J connectivity index is 1.33. The molecule has 1 N–H and O–H groups in total. The van der Waals surface area contributed by atoms with E-state index in [0.29, 0.717) is 6.54 Å². The number of rotatable bonds is 5. The number of amides is 1. The summed E-state index contributed by atoms with van der Waals surface area (Å²) in [6.07, 6.45) is 3.59. The molecule has 2 aliphatic rings. The fraction of sp³-hybridized carbons (Fsp3) is 0.350. The van der Waals surface area contributed by atoms with Crippen molar-refractivity contribution in [2.75, 3.05) is 6.79 Å². The number of benzene rings is 2. The lowest BCUT2D eigenvalue weighted by atomic mass is 10.1. The topological polar surface area (TPSA) is 47.6 Å². The van der Waals surface area contributed by atoms with E-state index in [2.05, 4.69) is 23.5 Å². The highest BCUT2D eigenvalue weighted by atomic mass is 32.2. The number of thioether (sulfide) groups is 1. The third-order valence-electron chi connectivity index (χ3n) is 4.66. The quantitative estimate of drug-likeness (QED) is 0.831. The molecule has 1 aliphatic heterocycles. The first-order valence-electron chi connectivity index (χ1n) is 8.64. The monoisotopic (exact) mass is 355 g/mol. The fourth-order valence-corrected chi connectivity index (χ4v) is 4.22. The summed E-state index contributed by atoms with van der Waals surface area (Å²) in [5, 5.41) is 2.88. The van der Waals surface area contributed by atoms with Crippen LogP contribution >= 0.6 is 11.8 Å². The van der Waals surface area contributed by atoms with Gasteiger partial charge in [-0.05, 0) is 67.1 Å². The number of hydrogen-bond donors (Lipinski definition) is 1. The summed E-state index contributed by atoms with van der Waals surface area (Å²) in [5.74, 6) is 1.55. The molecule has 0 fully saturated rings. The standard InChI is InChI=1S/C20H21NO3S/c1-13(25-17-7-6-15-3-2-4-16(15)10-17)20(22)21-11-14-5-8-18-19(9-14)24-12-23-18/h5-10,13H,2-4,11-12H2,1H3,(H,21,22)/t13-/m1/s1. The number of carbonyl (C=O) groups excluding carboxylic acids is 1. The van der Waals surface area contributed by atoms with E-state index >= 15 is 0 Å². The summed E-state index contributed by atoms with van der Waals surface area (Å²) < 4.78 is 10.7. The molecule has 2 aromatic carbocycles. The minimum Gasteiger partial charge on any atom is -0.454 e. The zero-order chi connectivity index (χ0) is 17.2. The van der Waals surface area contributed by atoms with E-state index in [-0.39, 0.29) is 18.0 Å². The first-order valence-corrected chi connectivity index (χ1v) is 9.52. The average Bonchev–Trinajstić information content (AvgIpc) is 3.27. The second-order valence-corrected chi connectivity index (χ2v) is 7.86. The molecule has 1 aliphatic carbocycles. The maximum atomic E-state index is 12.4. The van der Waals surface area contributed by atoms with E-state index in [1.165, 1.54) is 28.9 Å². The normalized spacial score (nSPS) is 15.7. The van der Waals surface area contributed by atoms with E-state index < -0.39 is 0 Å². The van der Waals surface area contributed by atoms with Crippen molar-refractivity contribution in [3.63, 3.8) is 0 Å². The predicted molar refractivity (Wildman–Crippen MR) is 98.2 cm³/mol. The van der Waals surface area contributed by atoms with Gasteiger partial charge < -0.3 is 14.8 Å². The highest BCUT2D eigenvalue weighted by molar-refractivity contribution is 8.00. The molecule has 1 atom stereocenters. The predicted octanol–water partition coefficient (Wildman–Crippen LogP) is 3.70. The summed E-state index contributed by atoms with van der Waals surface area (Å²) in [7, 11) is 0. The molecular formula is C20H21NO3S. The van der Waals surface area contributed by atoms with Gasteiger partial charge in [0.2, 0.25) is 12.7 Å². The van der Waals surface area contributed by atoms with Gasteiger partial charge in [0.25, 0.3) is 0 Å². The number of aryl methyl sites for hydroxylation is 2. The van der Waals surface area contributed by atoms with Crippen LogP contribution in [0, 0.1) is 0 Å². The van der Waals surface area contributed by atoms with Gasteiger partial charge in [-0.2, -0.15) is 0 Å². The lowest BCUT2D eigenvalue weighted by Crippen LogP contribution is -2.30. The second-order valence-electron chi connectivity index (χ2n) is 6.45. The molecule has 0 spiro atoms. The van der Waals surface area contributed by atoms with Crippen LogP contribution in [0.3, 0.4) is 0 Å². The highest BCUT2D eigenvalue weighted by Gasteiger charge is 2.17. The average molecular weight is 355 g/mol. The van der Waals surface area contributed by atoms with Crippen LogP contribution in [-0.2, 0) is 24.2 Å². The van der Waals surface area contributed by atoms with Gasteiger partial charge >= 0.3 is 0 Å². The number of nitrogens with one attached hydrogen (secondary N) is 1. The van der Waals surface area contributed by atoms with Crippen LogP contribution in [-0.4, -0.2) is 18.0 Å². The summed E-state index contributed by atoms with van der Waals surface area (Å²) in [4.78, 5) is 13.6. The smallest absolute Gasteiger partial charge is 0.233 e. The van der Waals surface area contributed by atoms with Gasteiger partial charge in [0.15, 0.2) is 11.5 Å². The molecule has 0 bridgehead atoms. The van der Waals surface area contributed by atoms with Gasteiger partial charge in [-0.25, -0.2) is 0 Å². The summed E-state index contributed by atoms with van der Waals surface area (Å²) in [6, 6.07) is 12.3. The van der Waals surface area contributed by atoms with Crippen molar-refractivity contribution in [3.05, 3.63) is 53.1 Å². The minimum atomic E-state index is -0.131. The lowest BCUT2D eigenvalue weighted by Gasteiger charge is -2.13. The Bertz CT molecular complexity index is 806. The molecule has 0 unspecified atom stereocenters. The molecule has 25 heavy (non-hydrogen) atoms. The van der Waals surface area contributed by atoms with Crippen LogP contribution in [0.1, 0.15) is 30.0 Å². The third-order valence-corrected chi connectivity index (χ3v) is 5.75. The van der Waals surface area contributed by atoms with Crippen molar-refractivity contribution in [2.24, 2.45) is 0 Å². The van der Waals surface area contributed by atoms with Crippen molar-refractivity contribution < 1.29 is 14.3 Å². The first kappa shape index (κ1) is 16.3. The molecule has 0 radical (unpaired) electrons. The lowest BCUT2D eigenvalue weighted by molar-refractivity contribution is -0.120. The van der Waals surface area contributed by atoms with E-state index in [0.717, 1.165) is 23.5 Å². The minimum absolute atomic E-state index is 0.0446. The first-order chi connectivity index (χ1) is 12.2. The van der Waals surface area contributed by atoms with E-state index in [4.69, 9.17) is 9.47 Å². The Morgan fingerprint density at radius 3 is 2.88 bits per heavy atom. The van der Waals surface area contributed by atoms with Crippen LogP contribution in [0.4, 0.5) is 0 Å². The van der Waals surface area contributed by atoms with E-state index in [1.54, 1.807) is 11.8 Å². The van der Waals surface area contributed by atoms with Gasteiger partial charge in [-0.3, -0.25) is 4.79 Å². The van der Waals surface area contributed by atoms with Crippen LogP contribution in [0.25, 0.3) is 0 Å². The largest absolute Gasteiger partial charge is 0.454 e. The Morgan fingerprint density at radius 1 is 1.12 bits per heavy atom. The fourth-order valence-electron chi connectivity index (χ4n) is 3.26. The molecule has 0 aromatic heterocycles. The van der Waals surface area contributed by atoms with Crippen LogP contribution in [0.15, 0.2) is 41.3 Å². The van der Waals surface area contributed by atoms with E-state index in [1.807, 2.05) is 25.1 Å². The van der Waals surface area contributed by atoms with Crippen molar-refractivity contribution in [2.45, 2.75) is 42.9 Å². The number of hydrogen-bond acceptors (Lipinski definition) is 4. The maximum Gasteiger partial charge on any atom is 0.233 e. The molecule has 4 rings (SSSR count). The second kappa shape index (κ2) is 7.00. The van der Waals surface area contributed by atoms with Gasteiger partial charge in [-0.1, -0.05) is 12.1 Å². The Morgan fingerprint density at radius 2 is 1.96 bits per heavy atom. The molecule has 1 amide bonds. The molecule has 4 nitrogen and oxygen atoms in total. The third kappa shape index (κ3) is 3.61. The van der Waals surface area contributed by atoms with Crippen molar-refractivity contribution in [1.29, 1.82) is 0 Å². The van der Waals surface area contributed by atoms with Crippen LogP contribution in [0.2, 0.25) is 0 Å².